The maximum Gasteiger partial charge on any atom is 1.00 e. The van der Waals surface area contributed by atoms with Gasteiger partial charge in [-0.2, -0.15) is 0 Å². The summed E-state index contributed by atoms with van der Waals surface area (Å²) in [6.45, 7) is 0. The van der Waals surface area contributed by atoms with Gasteiger partial charge in [-0.15, -0.1) is 9.05 Å². The van der Waals surface area contributed by atoms with Crippen molar-refractivity contribution in [3.63, 3.8) is 0 Å². The van der Waals surface area contributed by atoms with Crippen LogP contribution in [0, 0.1) is 0 Å². The van der Waals surface area contributed by atoms with E-state index in [1.54, 1.807) is 0 Å². The second-order valence-corrected chi connectivity index (χ2v) is 2.45. The molecule has 40 valence electrons. The molecule has 0 aromatic carbocycles. The average Bonchev–Trinajstić information content (AvgIpc) is 0.722. The normalized spacial score (nSPS) is 7.25. The van der Waals surface area contributed by atoms with Crippen LogP contribution >= 0.6 is 0 Å². The monoisotopic (exact) mass is 208 g/mol. The summed E-state index contributed by atoms with van der Waals surface area (Å²) in [6.07, 6.45) is 0. The maximum atomic E-state index is 8.89. The Bertz CT molecular complexity index is 95.2. The van der Waals surface area contributed by atoms with E-state index in [2.05, 4.69) is 11.2 Å². The van der Waals surface area contributed by atoms with E-state index in [-0.39, 0.29) is 108 Å². The van der Waals surface area contributed by atoms with Crippen LogP contribution in [-0.2, 0) is 20.2 Å². The van der Waals surface area contributed by atoms with Crippen LogP contribution in [0.15, 0.2) is 0 Å². The summed E-state index contributed by atoms with van der Waals surface area (Å²) in [5, 5.41) is 0. The zero-order valence-corrected chi connectivity index (χ0v) is 12.4. The van der Waals surface area contributed by atoms with E-state index in [0.29, 0.717) is 0 Å². The Morgan fingerprint density at radius 3 is 1.25 bits per heavy atom. The predicted molar refractivity (Wildman–Crippen MR) is 20.7 cm³/mol. The van der Waals surface area contributed by atoms with Crippen LogP contribution in [0.2, 0.25) is 0 Å². The molecule has 0 saturated heterocycles. The molecule has 0 aromatic heterocycles. The first-order valence-electron chi connectivity index (χ1n) is 0.667. The van der Waals surface area contributed by atoms with E-state index in [1.165, 1.54) is 0 Å². The molecule has 0 aliphatic heterocycles. The predicted octanol–water partition coefficient (Wildman–Crippen LogP) is -7.82. The van der Waals surface area contributed by atoms with Crippen LogP contribution < -0.4 is 103 Å². The third-order valence-corrected chi connectivity index (χ3v) is 0. The van der Waals surface area contributed by atoms with Crippen molar-refractivity contribution in [2.45, 2.75) is 0 Å². The first-order chi connectivity index (χ1) is 2.00. The SMILES string of the molecule is O.O=S([O-])([O-])=S.[K+].[K+]. The molecule has 8 heteroatoms. The fourth-order valence-corrected chi connectivity index (χ4v) is 0. The van der Waals surface area contributed by atoms with Gasteiger partial charge in [-0.3, -0.25) is 4.21 Å². The minimum absolute atomic E-state index is 0. The largest absolute Gasteiger partial charge is 1.00 e. The minimum atomic E-state index is -4.33. The van der Waals surface area contributed by atoms with Gasteiger partial charge in [-0.05, 0) is 11.2 Å². The van der Waals surface area contributed by atoms with Crippen molar-refractivity contribution in [2.24, 2.45) is 0 Å². The third kappa shape index (κ3) is 55.7. The Balaban J connectivity index is -0.0000000267. The van der Waals surface area contributed by atoms with Crippen LogP contribution in [0.4, 0.5) is 0 Å². The van der Waals surface area contributed by atoms with Gasteiger partial charge in [0, 0.05) is 0 Å². The quantitative estimate of drug-likeness (QED) is 0.369. The molecule has 0 unspecified atom stereocenters. The van der Waals surface area contributed by atoms with Crippen molar-refractivity contribution in [3.8, 4) is 0 Å². The summed E-state index contributed by atoms with van der Waals surface area (Å²) >= 11 is 3.24. The Morgan fingerprint density at radius 2 is 1.25 bits per heavy atom. The van der Waals surface area contributed by atoms with Crippen LogP contribution in [-0.4, -0.2) is 18.8 Å². The van der Waals surface area contributed by atoms with Crippen molar-refractivity contribution in [1.29, 1.82) is 0 Å². The van der Waals surface area contributed by atoms with Crippen molar-refractivity contribution in [1.82, 2.24) is 0 Å². The van der Waals surface area contributed by atoms with Gasteiger partial charge >= 0.3 is 103 Å². The summed E-state index contributed by atoms with van der Waals surface area (Å²) < 4.78 is 26.7. The molecule has 0 saturated carbocycles. The molecule has 0 radical (unpaired) electrons. The molecule has 0 spiro atoms. The van der Waals surface area contributed by atoms with Crippen molar-refractivity contribution in [3.05, 3.63) is 0 Å². The Kier molecular flexibility index (Phi) is 29.7. The summed E-state index contributed by atoms with van der Waals surface area (Å²) in [6, 6.07) is 0. The summed E-state index contributed by atoms with van der Waals surface area (Å²) in [4.78, 5) is 0. The summed E-state index contributed by atoms with van der Waals surface area (Å²) in [7, 11) is -4.33. The first-order valence-corrected chi connectivity index (χ1v) is 3.00. The summed E-state index contributed by atoms with van der Waals surface area (Å²) in [5.41, 5.74) is 0. The number of hydrogen-bond acceptors (Lipinski definition) is 4. The fraction of sp³-hybridized carbons (Fsp3) is 0. The van der Waals surface area contributed by atoms with E-state index in [1.807, 2.05) is 0 Å². The Labute approximate surface area is 138 Å². The van der Waals surface area contributed by atoms with Gasteiger partial charge in [-0.25, -0.2) is 0 Å². The second-order valence-electron chi connectivity index (χ2n) is 0.408. The topological polar surface area (TPSA) is 94.7 Å². The smallest absolute Gasteiger partial charge is 0.780 e. The van der Waals surface area contributed by atoms with E-state index >= 15 is 0 Å². The second kappa shape index (κ2) is 10.5. The fourth-order valence-electron chi connectivity index (χ4n) is 0. The molecular formula is H2K2O4S2. The minimum Gasteiger partial charge on any atom is -0.780 e. The molecule has 0 fully saturated rings. The standard InChI is InChI=1S/2K.H2O3S2.H2O/c;;1-5(2,3)4;/h;;(H2,1,2,3,4);1H2/q2*+1;;/p-2. The van der Waals surface area contributed by atoms with Crippen LogP contribution in [0.3, 0.4) is 0 Å². The Hall–Kier alpha value is 3.52. The number of rotatable bonds is 0. The molecule has 0 bridgehead atoms. The molecule has 2 N–H and O–H groups in total. The van der Waals surface area contributed by atoms with Gasteiger partial charge in [0.25, 0.3) is 0 Å². The first kappa shape index (κ1) is 22.5. The van der Waals surface area contributed by atoms with E-state index in [9.17, 15) is 0 Å². The number of hydrogen-bond donors (Lipinski definition) is 0. The molecular weight excluding hydrogens is 206 g/mol. The van der Waals surface area contributed by atoms with E-state index in [4.69, 9.17) is 13.3 Å². The molecule has 0 heterocycles. The molecule has 0 aromatic rings. The van der Waals surface area contributed by atoms with Crippen molar-refractivity contribution >= 4 is 20.2 Å². The zero-order valence-electron chi connectivity index (χ0n) is 4.54. The van der Waals surface area contributed by atoms with Crippen molar-refractivity contribution < 1.29 is 122 Å². The van der Waals surface area contributed by atoms with Gasteiger partial charge in [-0.1, -0.05) is 0 Å². The molecule has 0 rings (SSSR count). The molecule has 0 amide bonds. The molecule has 0 aliphatic carbocycles. The van der Waals surface area contributed by atoms with Gasteiger partial charge < -0.3 is 14.6 Å². The van der Waals surface area contributed by atoms with E-state index in [0.717, 1.165) is 0 Å². The third-order valence-electron chi connectivity index (χ3n) is 0. The van der Waals surface area contributed by atoms with Gasteiger partial charge in [0.15, 0.2) is 0 Å². The van der Waals surface area contributed by atoms with Crippen LogP contribution in [0.5, 0.6) is 0 Å². The van der Waals surface area contributed by atoms with Crippen LogP contribution in [0.1, 0.15) is 0 Å². The average molecular weight is 208 g/mol. The Morgan fingerprint density at radius 1 is 1.25 bits per heavy atom. The van der Waals surface area contributed by atoms with Crippen molar-refractivity contribution in [2.75, 3.05) is 0 Å². The van der Waals surface area contributed by atoms with Gasteiger partial charge in [0.05, 0.1) is 0 Å². The van der Waals surface area contributed by atoms with Gasteiger partial charge in [0.1, 0.15) is 0 Å². The molecule has 0 atom stereocenters. The molecule has 0 aliphatic rings. The maximum absolute atomic E-state index is 8.89. The summed E-state index contributed by atoms with van der Waals surface area (Å²) in [5.74, 6) is 0. The zero-order chi connectivity index (χ0) is 4.50. The van der Waals surface area contributed by atoms with Gasteiger partial charge in [0.2, 0.25) is 0 Å². The van der Waals surface area contributed by atoms with E-state index < -0.39 is 9.05 Å². The van der Waals surface area contributed by atoms with Crippen LogP contribution in [0.25, 0.3) is 0 Å². The molecule has 8 heavy (non-hydrogen) atoms. The molecule has 4 nitrogen and oxygen atoms in total.